The van der Waals surface area contributed by atoms with Crippen molar-refractivity contribution in [2.75, 3.05) is 18.4 Å². The molecule has 0 unspecified atom stereocenters. The van der Waals surface area contributed by atoms with Gasteiger partial charge in [-0.2, -0.15) is 5.26 Å². The van der Waals surface area contributed by atoms with Crippen molar-refractivity contribution in [1.29, 1.82) is 5.26 Å². The molecule has 0 atom stereocenters. The summed E-state index contributed by atoms with van der Waals surface area (Å²) in [5.41, 5.74) is 5.81. The van der Waals surface area contributed by atoms with E-state index < -0.39 is 4.92 Å². The Morgan fingerprint density at radius 1 is 1.53 bits per heavy atom. The van der Waals surface area contributed by atoms with Gasteiger partial charge in [-0.25, -0.2) is 0 Å². The fraction of sp³-hybridized carbons (Fsp3) is 0.182. The zero-order valence-electron chi connectivity index (χ0n) is 9.09. The van der Waals surface area contributed by atoms with E-state index >= 15 is 0 Å². The molecule has 0 radical (unpaired) electrons. The highest BCUT2D eigenvalue weighted by Crippen LogP contribution is 2.24. The van der Waals surface area contributed by atoms with E-state index in [2.05, 4.69) is 5.32 Å². The Hall–Kier alpha value is -2.39. The van der Waals surface area contributed by atoms with Crippen LogP contribution in [-0.4, -0.2) is 18.0 Å². The van der Waals surface area contributed by atoms with Crippen LogP contribution in [-0.2, 0) is 0 Å². The highest BCUT2D eigenvalue weighted by atomic mass is 16.6. The molecule has 6 heteroatoms. The molecule has 1 aromatic rings. The lowest BCUT2D eigenvalue weighted by atomic mass is 10.2. The molecule has 0 spiro atoms. The van der Waals surface area contributed by atoms with E-state index in [4.69, 9.17) is 11.0 Å². The van der Waals surface area contributed by atoms with E-state index in [1.54, 1.807) is 12.2 Å². The number of nitro benzene ring substituents is 1. The van der Waals surface area contributed by atoms with Crippen LogP contribution in [0, 0.1) is 21.4 Å². The van der Waals surface area contributed by atoms with Gasteiger partial charge in [-0.3, -0.25) is 10.1 Å². The van der Waals surface area contributed by atoms with Crippen LogP contribution in [0.1, 0.15) is 5.56 Å². The molecule has 1 aromatic carbocycles. The van der Waals surface area contributed by atoms with Crippen molar-refractivity contribution in [3.05, 3.63) is 46.0 Å². The Labute approximate surface area is 98.5 Å². The van der Waals surface area contributed by atoms with Crippen molar-refractivity contribution in [2.45, 2.75) is 0 Å². The monoisotopic (exact) mass is 232 g/mol. The van der Waals surface area contributed by atoms with Crippen LogP contribution in [0.25, 0.3) is 0 Å². The van der Waals surface area contributed by atoms with E-state index in [0.717, 1.165) is 0 Å². The Bertz CT molecular complexity index is 477. The second kappa shape index (κ2) is 6.25. The first kappa shape index (κ1) is 12.7. The largest absolute Gasteiger partial charge is 0.376 e. The lowest BCUT2D eigenvalue weighted by Crippen LogP contribution is -2.03. The van der Waals surface area contributed by atoms with Gasteiger partial charge >= 0.3 is 0 Å². The first-order valence-electron chi connectivity index (χ1n) is 4.96. The Kier molecular flexibility index (Phi) is 4.66. The quantitative estimate of drug-likeness (QED) is 0.453. The molecule has 0 aliphatic rings. The SMILES string of the molecule is N#Cc1ccc(NC/C=C/CN)c([N+](=O)[O-])c1. The first-order chi connectivity index (χ1) is 8.19. The molecular formula is C11H12N4O2. The van der Waals surface area contributed by atoms with Crippen molar-refractivity contribution in [3.63, 3.8) is 0 Å². The Morgan fingerprint density at radius 2 is 2.29 bits per heavy atom. The van der Waals surface area contributed by atoms with Gasteiger partial charge in [0.2, 0.25) is 0 Å². The molecule has 3 N–H and O–H groups in total. The first-order valence-corrected chi connectivity index (χ1v) is 4.96. The van der Waals surface area contributed by atoms with Crippen LogP contribution in [0.4, 0.5) is 11.4 Å². The molecule has 0 amide bonds. The van der Waals surface area contributed by atoms with Crippen LogP contribution >= 0.6 is 0 Å². The second-order valence-corrected chi connectivity index (χ2v) is 3.19. The lowest BCUT2D eigenvalue weighted by Gasteiger charge is -2.04. The smallest absolute Gasteiger partial charge is 0.293 e. The average Bonchev–Trinajstić information content (AvgIpc) is 2.34. The molecule has 0 aliphatic heterocycles. The van der Waals surface area contributed by atoms with Crippen LogP contribution in [0.15, 0.2) is 30.4 Å². The van der Waals surface area contributed by atoms with Gasteiger partial charge in [0.25, 0.3) is 5.69 Å². The minimum atomic E-state index is -0.518. The fourth-order valence-corrected chi connectivity index (χ4v) is 1.25. The summed E-state index contributed by atoms with van der Waals surface area (Å²) in [4.78, 5) is 10.3. The van der Waals surface area contributed by atoms with Gasteiger partial charge < -0.3 is 11.1 Å². The van der Waals surface area contributed by atoms with Gasteiger partial charge in [-0.1, -0.05) is 12.2 Å². The van der Waals surface area contributed by atoms with E-state index in [1.165, 1.54) is 18.2 Å². The standard InChI is InChI=1S/C11H12N4O2/c12-5-1-2-6-14-10-4-3-9(8-13)7-11(10)15(16)17/h1-4,7,14H,5-6,12H2/b2-1+. The van der Waals surface area contributed by atoms with Gasteiger partial charge in [-0.15, -0.1) is 0 Å². The number of hydrogen-bond donors (Lipinski definition) is 2. The summed E-state index contributed by atoms with van der Waals surface area (Å²) in [7, 11) is 0. The molecule has 0 aliphatic carbocycles. The normalized spacial score (nSPS) is 10.1. The third-order valence-corrected chi connectivity index (χ3v) is 2.04. The molecule has 0 bridgehead atoms. The molecule has 1 rings (SSSR count). The Balaban J connectivity index is 2.88. The fourth-order valence-electron chi connectivity index (χ4n) is 1.25. The summed E-state index contributed by atoms with van der Waals surface area (Å²) in [5.74, 6) is 0. The summed E-state index contributed by atoms with van der Waals surface area (Å²) in [6, 6.07) is 6.16. The third-order valence-electron chi connectivity index (χ3n) is 2.04. The minimum Gasteiger partial charge on any atom is -0.376 e. The molecular weight excluding hydrogens is 220 g/mol. The number of rotatable bonds is 5. The number of hydrogen-bond acceptors (Lipinski definition) is 5. The number of benzene rings is 1. The van der Waals surface area contributed by atoms with Crippen LogP contribution in [0.2, 0.25) is 0 Å². The van der Waals surface area contributed by atoms with Crippen molar-refractivity contribution in [3.8, 4) is 6.07 Å². The third kappa shape index (κ3) is 3.59. The summed E-state index contributed by atoms with van der Waals surface area (Å²) in [6.07, 6.45) is 3.53. The van der Waals surface area contributed by atoms with Crippen LogP contribution in [0.5, 0.6) is 0 Å². The maximum Gasteiger partial charge on any atom is 0.293 e. The summed E-state index contributed by atoms with van der Waals surface area (Å²) < 4.78 is 0. The number of nitrogens with zero attached hydrogens (tertiary/aromatic N) is 2. The van der Waals surface area contributed by atoms with Gasteiger partial charge in [-0.05, 0) is 12.1 Å². The highest BCUT2D eigenvalue weighted by Gasteiger charge is 2.13. The van der Waals surface area contributed by atoms with Crippen molar-refractivity contribution >= 4 is 11.4 Å². The molecule has 17 heavy (non-hydrogen) atoms. The average molecular weight is 232 g/mol. The topological polar surface area (TPSA) is 105 Å². The molecule has 0 saturated heterocycles. The molecule has 0 saturated carbocycles. The molecule has 88 valence electrons. The second-order valence-electron chi connectivity index (χ2n) is 3.19. The van der Waals surface area contributed by atoms with E-state index in [1.807, 2.05) is 6.07 Å². The predicted octanol–water partition coefficient (Wildman–Crippen LogP) is 1.39. The summed E-state index contributed by atoms with van der Waals surface area (Å²) in [6.45, 7) is 0.876. The number of anilines is 1. The van der Waals surface area contributed by atoms with Gasteiger partial charge in [0.15, 0.2) is 0 Å². The van der Waals surface area contributed by atoms with Crippen molar-refractivity contribution < 1.29 is 4.92 Å². The minimum absolute atomic E-state index is 0.106. The molecule has 0 aromatic heterocycles. The zero-order valence-corrected chi connectivity index (χ0v) is 9.09. The highest BCUT2D eigenvalue weighted by molar-refractivity contribution is 5.64. The van der Waals surface area contributed by atoms with Crippen LogP contribution < -0.4 is 11.1 Å². The Morgan fingerprint density at radius 3 is 2.88 bits per heavy atom. The van der Waals surface area contributed by atoms with Gasteiger partial charge in [0, 0.05) is 19.2 Å². The van der Waals surface area contributed by atoms with Crippen molar-refractivity contribution in [1.82, 2.24) is 0 Å². The number of nitro groups is 1. The maximum atomic E-state index is 10.8. The number of nitrogens with one attached hydrogen (secondary N) is 1. The van der Waals surface area contributed by atoms with E-state index in [9.17, 15) is 10.1 Å². The van der Waals surface area contributed by atoms with E-state index in [0.29, 0.717) is 18.8 Å². The van der Waals surface area contributed by atoms with Crippen LogP contribution in [0.3, 0.4) is 0 Å². The van der Waals surface area contributed by atoms with Gasteiger partial charge in [0.1, 0.15) is 5.69 Å². The number of nitrogens with two attached hydrogens (primary N) is 1. The zero-order chi connectivity index (χ0) is 12.7. The van der Waals surface area contributed by atoms with Gasteiger partial charge in [0.05, 0.1) is 16.6 Å². The predicted molar refractivity (Wildman–Crippen MR) is 64.5 cm³/mol. The molecule has 0 heterocycles. The van der Waals surface area contributed by atoms with E-state index in [-0.39, 0.29) is 11.3 Å². The molecule has 0 fully saturated rings. The maximum absolute atomic E-state index is 10.8. The number of nitriles is 1. The van der Waals surface area contributed by atoms with Crippen molar-refractivity contribution in [2.24, 2.45) is 5.73 Å². The lowest BCUT2D eigenvalue weighted by molar-refractivity contribution is -0.384. The summed E-state index contributed by atoms with van der Waals surface area (Å²) in [5, 5.41) is 22.3. The molecule has 6 nitrogen and oxygen atoms in total. The summed E-state index contributed by atoms with van der Waals surface area (Å²) >= 11 is 0.